The van der Waals surface area contributed by atoms with Gasteiger partial charge in [-0.05, 0) is 57.6 Å². The standard InChI is InChI=1S/C18H24F3N5O3S/c1-11(2)30(27,28)23-9-12-3-6-14(7-4-12)24-17-25-16(26-29-17)13-5-8-15(22-10-13)18(19,20)21/h5,8,10-12,14,23H,3-4,6-7,9H2,1-2H3,(H,24,25,26)/t12-,14-. The van der Waals surface area contributed by atoms with Crippen LogP contribution in [0.4, 0.5) is 19.2 Å². The minimum atomic E-state index is -4.50. The second-order valence-corrected chi connectivity index (χ2v) is 9.98. The number of hydrogen-bond acceptors (Lipinski definition) is 7. The summed E-state index contributed by atoms with van der Waals surface area (Å²) in [4.78, 5) is 7.56. The predicted molar refractivity (Wildman–Crippen MR) is 104 cm³/mol. The molecule has 3 rings (SSSR count). The minimum absolute atomic E-state index is 0.0991. The summed E-state index contributed by atoms with van der Waals surface area (Å²) in [7, 11) is -3.26. The summed E-state index contributed by atoms with van der Waals surface area (Å²) in [6.45, 7) is 3.71. The van der Waals surface area contributed by atoms with Crippen LogP contribution < -0.4 is 10.0 Å². The third-order valence-corrected chi connectivity index (χ3v) is 6.92. The number of nitrogens with one attached hydrogen (secondary N) is 2. The van der Waals surface area contributed by atoms with Crippen molar-refractivity contribution >= 4 is 16.0 Å². The van der Waals surface area contributed by atoms with Crippen LogP contribution in [0.1, 0.15) is 45.2 Å². The summed E-state index contributed by atoms with van der Waals surface area (Å²) in [5.74, 6) is 0.420. The number of hydrogen-bond donors (Lipinski definition) is 2. The third-order valence-electron chi connectivity index (χ3n) is 5.11. The maximum Gasteiger partial charge on any atom is 0.433 e. The van der Waals surface area contributed by atoms with Crippen molar-refractivity contribution in [3.63, 3.8) is 0 Å². The molecule has 0 aromatic carbocycles. The highest BCUT2D eigenvalue weighted by Crippen LogP contribution is 2.29. The van der Waals surface area contributed by atoms with Crippen LogP contribution in [0.3, 0.4) is 0 Å². The Labute approximate surface area is 172 Å². The predicted octanol–water partition coefficient (Wildman–Crippen LogP) is 3.45. The van der Waals surface area contributed by atoms with E-state index in [4.69, 9.17) is 4.52 Å². The van der Waals surface area contributed by atoms with Gasteiger partial charge in [-0.2, -0.15) is 18.2 Å². The fraction of sp³-hybridized carbons (Fsp3) is 0.611. The highest BCUT2D eigenvalue weighted by atomic mass is 32.2. The molecule has 0 unspecified atom stereocenters. The van der Waals surface area contributed by atoms with Gasteiger partial charge in [0.05, 0.1) is 5.25 Å². The second kappa shape index (κ2) is 8.88. The molecule has 2 heterocycles. The highest BCUT2D eigenvalue weighted by molar-refractivity contribution is 7.90. The first kappa shape index (κ1) is 22.5. The first-order valence-electron chi connectivity index (χ1n) is 9.67. The van der Waals surface area contributed by atoms with E-state index in [9.17, 15) is 21.6 Å². The van der Waals surface area contributed by atoms with Gasteiger partial charge < -0.3 is 9.84 Å². The molecule has 8 nitrogen and oxygen atoms in total. The lowest BCUT2D eigenvalue weighted by Crippen LogP contribution is -2.37. The zero-order valence-electron chi connectivity index (χ0n) is 16.6. The van der Waals surface area contributed by atoms with Gasteiger partial charge in [-0.25, -0.2) is 13.1 Å². The molecule has 1 fully saturated rings. The molecule has 0 atom stereocenters. The Morgan fingerprint density at radius 3 is 2.47 bits per heavy atom. The molecular weight excluding hydrogens is 423 g/mol. The molecule has 1 aliphatic carbocycles. The number of pyridine rings is 1. The number of rotatable bonds is 7. The molecule has 2 aromatic heterocycles. The van der Waals surface area contributed by atoms with Gasteiger partial charge >= 0.3 is 12.2 Å². The number of nitrogens with zero attached hydrogens (tertiary/aromatic N) is 3. The van der Waals surface area contributed by atoms with E-state index in [2.05, 4.69) is 25.2 Å². The Morgan fingerprint density at radius 2 is 1.90 bits per heavy atom. The monoisotopic (exact) mass is 447 g/mol. The molecule has 0 bridgehead atoms. The van der Waals surface area contributed by atoms with Crippen LogP contribution in [-0.4, -0.2) is 41.4 Å². The molecule has 2 aromatic rings. The molecule has 0 radical (unpaired) electrons. The molecule has 1 aliphatic rings. The Kier molecular flexibility index (Phi) is 6.65. The molecule has 12 heteroatoms. The fourth-order valence-corrected chi connectivity index (χ4v) is 3.98. The summed E-state index contributed by atoms with van der Waals surface area (Å²) < 4.78 is 69.3. The van der Waals surface area contributed by atoms with Crippen LogP contribution >= 0.6 is 0 Å². The van der Waals surface area contributed by atoms with Gasteiger partial charge in [0.15, 0.2) is 0 Å². The summed E-state index contributed by atoms with van der Waals surface area (Å²) in [6, 6.07) is 2.40. The summed E-state index contributed by atoms with van der Waals surface area (Å²) >= 11 is 0. The van der Waals surface area contributed by atoms with Gasteiger partial charge in [-0.15, -0.1) is 0 Å². The van der Waals surface area contributed by atoms with Crippen molar-refractivity contribution in [3.8, 4) is 11.4 Å². The zero-order chi connectivity index (χ0) is 21.9. The van der Waals surface area contributed by atoms with Crippen molar-refractivity contribution in [2.45, 2.75) is 57.0 Å². The van der Waals surface area contributed by atoms with Gasteiger partial charge in [0, 0.05) is 24.3 Å². The molecular formula is C18H24F3N5O3S. The van der Waals surface area contributed by atoms with Gasteiger partial charge in [-0.1, -0.05) is 5.16 Å². The maximum absolute atomic E-state index is 12.6. The Bertz CT molecular complexity index is 937. The van der Waals surface area contributed by atoms with Crippen LogP contribution in [0, 0.1) is 5.92 Å². The Morgan fingerprint density at radius 1 is 1.20 bits per heavy atom. The average Bonchev–Trinajstić information content (AvgIpc) is 3.15. The molecule has 0 amide bonds. The number of alkyl halides is 3. The summed E-state index contributed by atoms with van der Waals surface area (Å²) in [5, 5.41) is 6.47. The van der Waals surface area contributed by atoms with Crippen LogP contribution in [0.5, 0.6) is 0 Å². The minimum Gasteiger partial charge on any atom is -0.335 e. The summed E-state index contributed by atoms with van der Waals surface area (Å²) in [5.41, 5.74) is -0.665. The van der Waals surface area contributed by atoms with E-state index >= 15 is 0 Å². The van der Waals surface area contributed by atoms with Crippen molar-refractivity contribution in [1.82, 2.24) is 19.8 Å². The molecule has 166 valence electrons. The van der Waals surface area contributed by atoms with E-state index in [1.54, 1.807) is 13.8 Å². The summed E-state index contributed by atoms with van der Waals surface area (Å²) in [6.07, 6.45) is -0.123. The van der Waals surface area contributed by atoms with E-state index in [1.807, 2.05) is 0 Å². The first-order chi connectivity index (χ1) is 14.0. The Hall–Kier alpha value is -2.21. The van der Waals surface area contributed by atoms with Crippen molar-refractivity contribution < 1.29 is 26.1 Å². The van der Waals surface area contributed by atoms with Gasteiger partial charge in [-0.3, -0.25) is 4.98 Å². The molecule has 0 spiro atoms. The van der Waals surface area contributed by atoms with Crippen LogP contribution in [-0.2, 0) is 16.2 Å². The number of aromatic nitrogens is 3. The van der Waals surface area contributed by atoms with Crippen LogP contribution in [0.25, 0.3) is 11.4 Å². The highest BCUT2D eigenvalue weighted by Gasteiger charge is 2.32. The quantitative estimate of drug-likeness (QED) is 0.669. The molecule has 0 aliphatic heterocycles. The van der Waals surface area contributed by atoms with Crippen molar-refractivity contribution in [2.24, 2.45) is 5.92 Å². The maximum atomic E-state index is 12.6. The van der Waals surface area contributed by atoms with E-state index in [0.29, 0.717) is 12.1 Å². The number of anilines is 1. The average molecular weight is 447 g/mol. The Balaban J connectivity index is 1.50. The third kappa shape index (κ3) is 5.69. The van der Waals surface area contributed by atoms with Gasteiger partial charge in [0.1, 0.15) is 5.69 Å². The lowest BCUT2D eigenvalue weighted by molar-refractivity contribution is -0.141. The molecule has 0 saturated heterocycles. The largest absolute Gasteiger partial charge is 0.433 e. The van der Waals surface area contributed by atoms with Gasteiger partial charge in [0.25, 0.3) is 0 Å². The van der Waals surface area contributed by atoms with E-state index in [0.717, 1.165) is 37.9 Å². The van der Waals surface area contributed by atoms with Gasteiger partial charge in [0.2, 0.25) is 15.8 Å². The van der Waals surface area contributed by atoms with Crippen molar-refractivity contribution in [2.75, 3.05) is 11.9 Å². The van der Waals surface area contributed by atoms with E-state index in [1.165, 1.54) is 6.07 Å². The SMILES string of the molecule is CC(C)S(=O)(=O)NC[C@H]1CC[C@H](Nc2nc(-c3ccc(C(F)(F)F)nc3)no2)CC1. The first-order valence-corrected chi connectivity index (χ1v) is 11.2. The van der Waals surface area contributed by atoms with Crippen LogP contribution in [0.15, 0.2) is 22.9 Å². The smallest absolute Gasteiger partial charge is 0.335 e. The zero-order valence-corrected chi connectivity index (χ0v) is 17.4. The fourth-order valence-electron chi connectivity index (χ4n) is 3.18. The van der Waals surface area contributed by atoms with Crippen molar-refractivity contribution in [1.29, 1.82) is 0 Å². The molecule has 2 N–H and O–H groups in total. The normalized spacial score (nSPS) is 20.5. The van der Waals surface area contributed by atoms with E-state index < -0.39 is 27.1 Å². The number of sulfonamides is 1. The second-order valence-electron chi connectivity index (χ2n) is 7.66. The van der Waals surface area contributed by atoms with Crippen LogP contribution in [0.2, 0.25) is 0 Å². The lowest BCUT2D eigenvalue weighted by atomic mass is 9.86. The topological polar surface area (TPSA) is 110 Å². The molecule has 30 heavy (non-hydrogen) atoms. The molecule has 1 saturated carbocycles. The lowest BCUT2D eigenvalue weighted by Gasteiger charge is -2.28. The van der Waals surface area contributed by atoms with E-state index in [-0.39, 0.29) is 23.8 Å². The number of halogens is 3. The van der Waals surface area contributed by atoms with Crippen molar-refractivity contribution in [3.05, 3.63) is 24.0 Å².